The molecule has 1 amide bonds. The summed E-state index contributed by atoms with van der Waals surface area (Å²) >= 11 is 0. The van der Waals surface area contributed by atoms with Crippen LogP contribution in [0.2, 0.25) is 0 Å². The van der Waals surface area contributed by atoms with Crippen LogP contribution in [0.15, 0.2) is 18.2 Å². The Bertz CT molecular complexity index is 654. The molecule has 1 saturated heterocycles. The molecule has 3 aliphatic rings. The van der Waals surface area contributed by atoms with Crippen molar-refractivity contribution >= 4 is 11.9 Å². The predicted octanol–water partition coefficient (Wildman–Crippen LogP) is 3.03. The quantitative estimate of drug-likeness (QED) is 0.913. The second-order valence-electron chi connectivity index (χ2n) is 7.21. The van der Waals surface area contributed by atoms with E-state index >= 15 is 0 Å². The maximum absolute atomic E-state index is 13.2. The van der Waals surface area contributed by atoms with Crippen molar-refractivity contribution in [2.45, 2.75) is 63.5 Å². The van der Waals surface area contributed by atoms with Gasteiger partial charge in [-0.3, -0.25) is 4.79 Å². The third kappa shape index (κ3) is 2.35. The molecule has 0 radical (unpaired) electrons. The first-order valence-electron chi connectivity index (χ1n) is 8.83. The SMILES string of the molecule is O=C(O)C1CC2CCCCC2N1C(=O)c1cccc2c1CCC2. The molecule has 3 atom stereocenters. The molecule has 1 aromatic carbocycles. The zero-order chi connectivity index (χ0) is 16.0. The van der Waals surface area contributed by atoms with Gasteiger partial charge in [-0.15, -0.1) is 0 Å². The number of fused-ring (bicyclic) bond motifs is 2. The summed E-state index contributed by atoms with van der Waals surface area (Å²) in [5.41, 5.74) is 3.17. The van der Waals surface area contributed by atoms with E-state index in [9.17, 15) is 14.7 Å². The van der Waals surface area contributed by atoms with Crippen LogP contribution >= 0.6 is 0 Å². The molecule has 4 nitrogen and oxygen atoms in total. The predicted molar refractivity (Wildman–Crippen MR) is 86.4 cm³/mol. The van der Waals surface area contributed by atoms with E-state index in [0.717, 1.165) is 56.1 Å². The van der Waals surface area contributed by atoms with Crippen LogP contribution in [0.4, 0.5) is 0 Å². The van der Waals surface area contributed by atoms with Gasteiger partial charge in [0.2, 0.25) is 0 Å². The monoisotopic (exact) mass is 313 g/mol. The van der Waals surface area contributed by atoms with Crippen molar-refractivity contribution in [3.8, 4) is 0 Å². The van der Waals surface area contributed by atoms with Gasteiger partial charge in [0.1, 0.15) is 6.04 Å². The number of carboxylic acid groups (broad SMARTS) is 1. The van der Waals surface area contributed by atoms with E-state index in [1.165, 1.54) is 5.56 Å². The molecule has 0 spiro atoms. The molecule has 23 heavy (non-hydrogen) atoms. The normalized spacial score (nSPS) is 29.2. The Morgan fingerprint density at radius 1 is 1.09 bits per heavy atom. The fourth-order valence-electron chi connectivity index (χ4n) is 4.93. The number of nitrogens with zero attached hydrogens (tertiary/aromatic N) is 1. The number of carbonyl (C=O) groups excluding carboxylic acids is 1. The number of carbonyl (C=O) groups is 2. The molecule has 1 heterocycles. The van der Waals surface area contributed by atoms with Gasteiger partial charge in [-0.05, 0) is 61.6 Å². The average Bonchev–Trinajstić information content (AvgIpc) is 3.18. The highest BCUT2D eigenvalue weighted by Gasteiger charge is 2.48. The zero-order valence-electron chi connectivity index (χ0n) is 13.3. The Kier molecular flexibility index (Phi) is 3.63. The number of hydrogen-bond acceptors (Lipinski definition) is 2. The van der Waals surface area contributed by atoms with E-state index in [1.807, 2.05) is 12.1 Å². The summed E-state index contributed by atoms with van der Waals surface area (Å²) in [6.07, 6.45) is 7.97. The third-order valence-corrected chi connectivity index (χ3v) is 5.98. The highest BCUT2D eigenvalue weighted by Crippen LogP contribution is 2.41. The molecule has 1 N–H and O–H groups in total. The lowest BCUT2D eigenvalue weighted by molar-refractivity contribution is -0.141. The van der Waals surface area contributed by atoms with Gasteiger partial charge in [-0.1, -0.05) is 25.0 Å². The van der Waals surface area contributed by atoms with Gasteiger partial charge in [0.15, 0.2) is 0 Å². The van der Waals surface area contributed by atoms with Crippen LogP contribution in [0.1, 0.15) is 60.0 Å². The molecule has 2 aliphatic carbocycles. The van der Waals surface area contributed by atoms with Crippen LogP contribution in [0, 0.1) is 5.92 Å². The van der Waals surface area contributed by atoms with E-state index in [2.05, 4.69) is 6.07 Å². The second-order valence-corrected chi connectivity index (χ2v) is 7.21. The van der Waals surface area contributed by atoms with Crippen molar-refractivity contribution in [3.63, 3.8) is 0 Å². The van der Waals surface area contributed by atoms with Crippen molar-refractivity contribution in [1.82, 2.24) is 4.90 Å². The minimum atomic E-state index is -0.847. The lowest BCUT2D eigenvalue weighted by Crippen LogP contribution is -2.46. The standard InChI is InChI=1S/C19H23NO3/c21-18(15-9-4-7-12-6-3-8-14(12)15)20-16-10-2-1-5-13(16)11-17(20)19(22)23/h4,7,9,13,16-17H,1-3,5-6,8,10-11H2,(H,22,23). The third-order valence-electron chi connectivity index (χ3n) is 5.98. The van der Waals surface area contributed by atoms with Crippen LogP contribution in [0.3, 0.4) is 0 Å². The number of hydrogen-bond donors (Lipinski definition) is 1. The smallest absolute Gasteiger partial charge is 0.326 e. The number of rotatable bonds is 2. The minimum absolute atomic E-state index is 0.0504. The van der Waals surface area contributed by atoms with Gasteiger partial charge in [-0.25, -0.2) is 4.79 Å². The van der Waals surface area contributed by atoms with Gasteiger partial charge >= 0.3 is 5.97 Å². The number of likely N-dealkylation sites (tertiary alicyclic amines) is 1. The number of benzene rings is 1. The van der Waals surface area contributed by atoms with E-state index in [4.69, 9.17) is 0 Å². The van der Waals surface area contributed by atoms with E-state index in [0.29, 0.717) is 12.3 Å². The summed E-state index contributed by atoms with van der Waals surface area (Å²) in [7, 11) is 0. The Balaban J connectivity index is 1.71. The molecule has 122 valence electrons. The Hall–Kier alpha value is -1.84. The van der Waals surface area contributed by atoms with Crippen molar-refractivity contribution in [3.05, 3.63) is 34.9 Å². The van der Waals surface area contributed by atoms with E-state index < -0.39 is 12.0 Å². The number of amides is 1. The van der Waals surface area contributed by atoms with Gasteiger partial charge < -0.3 is 10.0 Å². The molecule has 4 rings (SSSR count). The van der Waals surface area contributed by atoms with Crippen molar-refractivity contribution in [1.29, 1.82) is 0 Å². The highest BCUT2D eigenvalue weighted by molar-refractivity contribution is 5.99. The first-order valence-corrected chi connectivity index (χ1v) is 8.83. The van der Waals surface area contributed by atoms with Crippen molar-refractivity contribution in [2.75, 3.05) is 0 Å². The first kappa shape index (κ1) is 14.7. The van der Waals surface area contributed by atoms with Crippen LogP contribution in [-0.4, -0.2) is 34.0 Å². The van der Waals surface area contributed by atoms with Crippen LogP contribution in [0.25, 0.3) is 0 Å². The Morgan fingerprint density at radius 2 is 1.91 bits per heavy atom. The minimum Gasteiger partial charge on any atom is -0.480 e. The second kappa shape index (κ2) is 5.66. The fourth-order valence-corrected chi connectivity index (χ4v) is 4.93. The molecule has 4 heteroatoms. The molecule has 0 bridgehead atoms. The number of aliphatic carboxylic acids is 1. The molecule has 1 aliphatic heterocycles. The molecule has 0 aromatic heterocycles. The largest absolute Gasteiger partial charge is 0.480 e. The summed E-state index contributed by atoms with van der Waals surface area (Å²) < 4.78 is 0. The maximum atomic E-state index is 13.2. The summed E-state index contributed by atoms with van der Waals surface area (Å²) in [5, 5.41) is 9.63. The lowest BCUT2D eigenvalue weighted by atomic mass is 9.84. The maximum Gasteiger partial charge on any atom is 0.326 e. The molecule has 1 aromatic rings. The van der Waals surface area contributed by atoms with Gasteiger partial charge in [0.05, 0.1) is 0 Å². The molecular weight excluding hydrogens is 290 g/mol. The topological polar surface area (TPSA) is 57.6 Å². The number of aryl methyl sites for hydroxylation is 1. The van der Waals surface area contributed by atoms with Crippen LogP contribution in [-0.2, 0) is 17.6 Å². The Labute approximate surface area is 136 Å². The van der Waals surface area contributed by atoms with Crippen molar-refractivity contribution in [2.24, 2.45) is 5.92 Å². The first-order chi connectivity index (χ1) is 11.2. The van der Waals surface area contributed by atoms with E-state index in [1.54, 1.807) is 4.90 Å². The highest BCUT2D eigenvalue weighted by atomic mass is 16.4. The van der Waals surface area contributed by atoms with Crippen molar-refractivity contribution < 1.29 is 14.7 Å². The summed E-state index contributed by atoms with van der Waals surface area (Å²) in [6, 6.07) is 5.41. The number of carboxylic acids is 1. The summed E-state index contributed by atoms with van der Waals surface area (Å²) in [6.45, 7) is 0. The fraction of sp³-hybridized carbons (Fsp3) is 0.579. The lowest BCUT2D eigenvalue weighted by Gasteiger charge is -2.33. The van der Waals surface area contributed by atoms with Gasteiger partial charge in [0, 0.05) is 11.6 Å². The van der Waals surface area contributed by atoms with Gasteiger partial charge in [0.25, 0.3) is 5.91 Å². The average molecular weight is 313 g/mol. The summed E-state index contributed by atoms with van der Waals surface area (Å²) in [5.74, 6) is -0.531. The summed E-state index contributed by atoms with van der Waals surface area (Å²) in [4.78, 5) is 26.7. The van der Waals surface area contributed by atoms with Crippen LogP contribution < -0.4 is 0 Å². The van der Waals surface area contributed by atoms with Crippen LogP contribution in [0.5, 0.6) is 0 Å². The zero-order valence-corrected chi connectivity index (χ0v) is 13.3. The molecule has 2 fully saturated rings. The van der Waals surface area contributed by atoms with E-state index in [-0.39, 0.29) is 11.9 Å². The molecule has 3 unspecified atom stereocenters. The van der Waals surface area contributed by atoms with Gasteiger partial charge in [-0.2, -0.15) is 0 Å². The molecular formula is C19H23NO3. The molecule has 1 saturated carbocycles. The Morgan fingerprint density at radius 3 is 2.74 bits per heavy atom.